The Balaban J connectivity index is 2.12. The van der Waals surface area contributed by atoms with Crippen LogP contribution in [0.2, 0.25) is 0 Å². The van der Waals surface area contributed by atoms with Gasteiger partial charge in [0.1, 0.15) is 17.5 Å². The molecule has 4 nitrogen and oxygen atoms in total. The molecule has 0 fully saturated rings. The van der Waals surface area contributed by atoms with Crippen molar-refractivity contribution in [3.05, 3.63) is 51.8 Å². The van der Waals surface area contributed by atoms with Crippen molar-refractivity contribution in [3.8, 4) is 0 Å². The van der Waals surface area contributed by atoms with Crippen molar-refractivity contribution in [3.63, 3.8) is 0 Å². The van der Waals surface area contributed by atoms with Gasteiger partial charge in [0.25, 0.3) is 5.56 Å². The minimum atomic E-state index is -0.271. The van der Waals surface area contributed by atoms with Crippen LogP contribution in [0, 0.1) is 5.82 Å². The van der Waals surface area contributed by atoms with Crippen LogP contribution < -0.4 is 11.3 Å². The monoisotopic (exact) mass is 279 g/mol. The predicted octanol–water partition coefficient (Wildman–Crippen LogP) is 2.35. The van der Waals surface area contributed by atoms with E-state index in [4.69, 9.17) is 5.73 Å². The van der Waals surface area contributed by atoms with Crippen molar-refractivity contribution >= 4 is 17.6 Å². The number of thioether (sulfide) groups is 1. The third-order valence-corrected chi connectivity index (χ3v) is 3.66. The zero-order chi connectivity index (χ0) is 13.8. The number of rotatable bonds is 4. The first kappa shape index (κ1) is 13.6. The molecule has 19 heavy (non-hydrogen) atoms. The van der Waals surface area contributed by atoms with Gasteiger partial charge in [-0.2, -0.15) is 0 Å². The van der Waals surface area contributed by atoms with Gasteiger partial charge in [-0.15, -0.1) is 11.8 Å². The quantitative estimate of drug-likeness (QED) is 0.843. The molecule has 0 aliphatic carbocycles. The molecule has 0 aliphatic heterocycles. The van der Waals surface area contributed by atoms with E-state index in [2.05, 4.69) is 9.97 Å². The molecule has 6 heteroatoms. The number of nitrogens with one attached hydrogen (secondary N) is 1. The number of nitrogens with zero attached hydrogens (tertiary/aromatic N) is 1. The highest BCUT2D eigenvalue weighted by Crippen LogP contribution is 2.21. The van der Waals surface area contributed by atoms with E-state index in [9.17, 15) is 9.18 Å². The molecule has 100 valence electrons. The number of anilines is 1. The first-order valence-corrected chi connectivity index (χ1v) is 6.84. The van der Waals surface area contributed by atoms with Gasteiger partial charge in [-0.1, -0.05) is 6.92 Å². The third kappa shape index (κ3) is 3.35. The highest BCUT2D eigenvalue weighted by Gasteiger charge is 2.07. The number of aromatic amines is 1. The number of H-pyrrole nitrogens is 1. The molecule has 2 rings (SSSR count). The lowest BCUT2D eigenvalue weighted by Crippen LogP contribution is -2.18. The van der Waals surface area contributed by atoms with Crippen LogP contribution in [0.25, 0.3) is 0 Å². The molecule has 0 bridgehead atoms. The second-order valence-electron chi connectivity index (χ2n) is 3.97. The lowest BCUT2D eigenvalue weighted by Gasteiger charge is -2.05. The van der Waals surface area contributed by atoms with E-state index in [1.165, 1.54) is 23.9 Å². The van der Waals surface area contributed by atoms with Gasteiger partial charge in [0.05, 0.1) is 11.3 Å². The first-order valence-electron chi connectivity index (χ1n) is 5.86. The van der Waals surface area contributed by atoms with Crippen molar-refractivity contribution < 1.29 is 4.39 Å². The van der Waals surface area contributed by atoms with Crippen molar-refractivity contribution in [2.45, 2.75) is 24.0 Å². The Morgan fingerprint density at radius 2 is 2.05 bits per heavy atom. The number of hydrogen-bond acceptors (Lipinski definition) is 4. The van der Waals surface area contributed by atoms with E-state index in [-0.39, 0.29) is 17.2 Å². The van der Waals surface area contributed by atoms with Crippen molar-refractivity contribution in [2.24, 2.45) is 0 Å². The molecule has 3 N–H and O–H groups in total. The largest absolute Gasteiger partial charge is 0.383 e. The fourth-order valence-corrected chi connectivity index (χ4v) is 2.42. The molecule has 0 unspecified atom stereocenters. The van der Waals surface area contributed by atoms with Crippen LogP contribution >= 0.6 is 11.8 Å². The maximum atomic E-state index is 12.8. The molecule has 1 aromatic carbocycles. The fourth-order valence-electron chi connectivity index (χ4n) is 1.66. The number of halogens is 1. The number of aromatic nitrogens is 2. The summed E-state index contributed by atoms with van der Waals surface area (Å²) < 4.78 is 12.8. The van der Waals surface area contributed by atoms with Gasteiger partial charge in [0.2, 0.25) is 0 Å². The second-order valence-corrected chi connectivity index (χ2v) is 5.02. The van der Waals surface area contributed by atoms with Gasteiger partial charge in [-0.25, -0.2) is 9.37 Å². The van der Waals surface area contributed by atoms with Crippen molar-refractivity contribution in [1.82, 2.24) is 9.97 Å². The molecule has 0 atom stereocenters. The van der Waals surface area contributed by atoms with Crippen LogP contribution in [0.1, 0.15) is 18.3 Å². The molecule has 1 heterocycles. The van der Waals surface area contributed by atoms with Crippen LogP contribution in [0.5, 0.6) is 0 Å². The molecule has 2 aromatic rings. The lowest BCUT2D eigenvalue weighted by molar-refractivity contribution is 0.626. The maximum absolute atomic E-state index is 12.8. The van der Waals surface area contributed by atoms with Gasteiger partial charge in [-0.3, -0.25) is 4.79 Å². The predicted molar refractivity (Wildman–Crippen MR) is 74.6 cm³/mol. The Morgan fingerprint density at radius 3 is 2.63 bits per heavy atom. The van der Waals surface area contributed by atoms with E-state index in [0.717, 1.165) is 4.90 Å². The van der Waals surface area contributed by atoms with Gasteiger partial charge in [0, 0.05) is 4.90 Å². The minimum Gasteiger partial charge on any atom is -0.383 e. The smallest absolute Gasteiger partial charge is 0.256 e. The zero-order valence-corrected chi connectivity index (χ0v) is 11.3. The molecule has 0 radical (unpaired) electrons. The summed E-state index contributed by atoms with van der Waals surface area (Å²) >= 11 is 1.46. The molecule has 0 saturated heterocycles. The lowest BCUT2D eigenvalue weighted by atomic mass is 10.2. The highest BCUT2D eigenvalue weighted by atomic mass is 32.2. The third-order valence-electron chi connectivity index (χ3n) is 2.64. The summed E-state index contributed by atoms with van der Waals surface area (Å²) in [5.74, 6) is 1.01. The Morgan fingerprint density at radius 1 is 1.37 bits per heavy atom. The molecule has 0 aliphatic rings. The summed E-state index contributed by atoms with van der Waals surface area (Å²) in [5, 5.41) is 0. The molecule has 1 aromatic heterocycles. The van der Waals surface area contributed by atoms with E-state index < -0.39 is 0 Å². The topological polar surface area (TPSA) is 71.8 Å². The zero-order valence-electron chi connectivity index (χ0n) is 10.4. The summed E-state index contributed by atoms with van der Waals surface area (Å²) in [6, 6.07) is 6.16. The van der Waals surface area contributed by atoms with E-state index in [1.807, 2.05) is 6.92 Å². The van der Waals surface area contributed by atoms with Crippen LogP contribution in [0.4, 0.5) is 10.2 Å². The van der Waals surface area contributed by atoms with Crippen LogP contribution in [0.15, 0.2) is 34.0 Å². The summed E-state index contributed by atoms with van der Waals surface area (Å²) in [6.45, 7) is 1.86. The number of benzene rings is 1. The summed E-state index contributed by atoms with van der Waals surface area (Å²) in [7, 11) is 0. The number of hydrogen-bond donors (Lipinski definition) is 2. The molecular weight excluding hydrogens is 265 g/mol. The standard InChI is InChI=1S/C13H14FN3OS/c1-2-10-12(15)16-11(17-13(10)18)7-19-9-5-3-8(14)4-6-9/h3-6H,2,7H2,1H3,(H3,15,16,17,18). The summed E-state index contributed by atoms with van der Waals surface area (Å²) in [6.07, 6.45) is 0.555. The van der Waals surface area contributed by atoms with Gasteiger partial charge in [0.15, 0.2) is 0 Å². The van der Waals surface area contributed by atoms with Crippen molar-refractivity contribution in [1.29, 1.82) is 0 Å². The van der Waals surface area contributed by atoms with E-state index in [0.29, 0.717) is 23.6 Å². The van der Waals surface area contributed by atoms with Gasteiger partial charge < -0.3 is 10.7 Å². The molecule has 0 amide bonds. The molecule has 0 spiro atoms. The Bertz CT molecular complexity index is 625. The maximum Gasteiger partial charge on any atom is 0.256 e. The van der Waals surface area contributed by atoms with Gasteiger partial charge >= 0.3 is 0 Å². The van der Waals surface area contributed by atoms with Gasteiger partial charge in [-0.05, 0) is 30.7 Å². The first-order chi connectivity index (χ1) is 9.10. The van der Waals surface area contributed by atoms with Crippen molar-refractivity contribution in [2.75, 3.05) is 5.73 Å². The average molecular weight is 279 g/mol. The molecule has 0 saturated carbocycles. The van der Waals surface area contributed by atoms with Crippen LogP contribution in [0.3, 0.4) is 0 Å². The number of nitrogens with two attached hydrogens (primary N) is 1. The second kappa shape index (κ2) is 5.88. The average Bonchev–Trinajstić information content (AvgIpc) is 2.38. The van der Waals surface area contributed by atoms with E-state index in [1.54, 1.807) is 12.1 Å². The van der Waals surface area contributed by atoms with Crippen LogP contribution in [-0.4, -0.2) is 9.97 Å². The Labute approximate surface area is 114 Å². The molecular formula is C13H14FN3OS. The number of nitrogen functional groups attached to an aromatic ring is 1. The summed E-state index contributed by atoms with van der Waals surface area (Å²) in [4.78, 5) is 19.5. The summed E-state index contributed by atoms with van der Waals surface area (Å²) in [5.41, 5.74) is 6.05. The SMILES string of the molecule is CCc1c(N)nc(CSc2ccc(F)cc2)[nH]c1=O. The highest BCUT2D eigenvalue weighted by molar-refractivity contribution is 7.98. The fraction of sp³-hybridized carbons (Fsp3) is 0.231. The van der Waals surface area contributed by atoms with E-state index >= 15 is 0 Å². The van der Waals surface area contributed by atoms with Crippen LogP contribution in [-0.2, 0) is 12.2 Å². The normalized spacial score (nSPS) is 10.6. The Hall–Kier alpha value is -1.82. The Kier molecular flexibility index (Phi) is 4.21. The minimum absolute atomic E-state index is 0.190.